The van der Waals surface area contributed by atoms with Gasteiger partial charge in [0.2, 0.25) is 5.76 Å². The Kier molecular flexibility index (Phi) is 4.01. The van der Waals surface area contributed by atoms with Crippen LogP contribution in [-0.4, -0.2) is 16.0 Å². The lowest BCUT2D eigenvalue weighted by Crippen LogP contribution is -2.29. The van der Waals surface area contributed by atoms with E-state index in [2.05, 4.69) is 5.16 Å². The molecule has 0 N–H and O–H groups in total. The first-order chi connectivity index (χ1) is 14.8. The molecule has 2 aromatic heterocycles. The largest absolute Gasteiger partial charge is 0.450 e. The first-order valence-electron chi connectivity index (χ1n) is 9.44. The highest BCUT2D eigenvalue weighted by atomic mass is 16.6. The van der Waals surface area contributed by atoms with Gasteiger partial charge in [0.25, 0.3) is 11.6 Å². The minimum absolute atomic E-state index is 0.112. The summed E-state index contributed by atoms with van der Waals surface area (Å²) in [7, 11) is 0. The number of nitro groups is 1. The predicted octanol–water partition coefficient (Wildman–Crippen LogP) is 4.06. The van der Waals surface area contributed by atoms with Gasteiger partial charge < -0.3 is 8.94 Å². The van der Waals surface area contributed by atoms with Crippen LogP contribution in [0.25, 0.3) is 11.0 Å². The Bertz CT molecular complexity index is 1450. The van der Waals surface area contributed by atoms with Gasteiger partial charge in [0.15, 0.2) is 11.2 Å². The van der Waals surface area contributed by atoms with E-state index < -0.39 is 16.9 Å². The summed E-state index contributed by atoms with van der Waals surface area (Å²) in [6.07, 6.45) is 0. The van der Waals surface area contributed by atoms with Crippen LogP contribution in [0.2, 0.25) is 0 Å². The van der Waals surface area contributed by atoms with Crippen molar-refractivity contribution in [3.05, 3.63) is 97.1 Å². The maximum Gasteiger partial charge on any atom is 0.296 e. The summed E-state index contributed by atoms with van der Waals surface area (Å²) in [5, 5.41) is 15.6. The Morgan fingerprint density at radius 3 is 2.61 bits per heavy atom. The van der Waals surface area contributed by atoms with Gasteiger partial charge in [-0.05, 0) is 31.5 Å². The fourth-order valence-corrected chi connectivity index (χ4v) is 3.91. The lowest BCUT2D eigenvalue weighted by molar-refractivity contribution is -0.384. The maximum absolute atomic E-state index is 13.5. The van der Waals surface area contributed by atoms with E-state index in [1.54, 1.807) is 37.3 Å². The van der Waals surface area contributed by atoms with Crippen LogP contribution in [0.5, 0.6) is 0 Å². The monoisotopic (exact) mass is 417 g/mol. The molecule has 1 aliphatic rings. The molecule has 1 amide bonds. The van der Waals surface area contributed by atoms with Gasteiger partial charge in [0, 0.05) is 18.2 Å². The molecule has 0 unspecified atom stereocenters. The fraction of sp³-hybridized carbons (Fsp3) is 0.136. The standard InChI is InChI=1S/C22H15N3O6/c1-11-6-7-16-15(8-11)20(26)18-19(13-4-3-5-14(10-13)25(28)29)24(22(27)21(18)30-16)17-9-12(2)31-23-17/h3-10,19H,1-2H3/t19-/m1/s1. The van der Waals surface area contributed by atoms with E-state index >= 15 is 0 Å². The van der Waals surface area contributed by atoms with Gasteiger partial charge >= 0.3 is 0 Å². The van der Waals surface area contributed by atoms with Crippen molar-refractivity contribution < 1.29 is 18.7 Å². The Labute approximate surface area is 174 Å². The zero-order chi connectivity index (χ0) is 21.9. The lowest BCUT2D eigenvalue weighted by atomic mass is 9.97. The average molecular weight is 417 g/mol. The summed E-state index contributed by atoms with van der Waals surface area (Å²) in [5.41, 5.74) is 1.13. The van der Waals surface area contributed by atoms with Gasteiger partial charge in [-0.3, -0.25) is 24.6 Å². The number of carbonyl (C=O) groups is 1. The van der Waals surface area contributed by atoms with Crippen LogP contribution in [0.3, 0.4) is 0 Å². The summed E-state index contributed by atoms with van der Waals surface area (Å²) >= 11 is 0. The second kappa shape index (κ2) is 6.63. The van der Waals surface area contributed by atoms with Gasteiger partial charge in [-0.1, -0.05) is 28.9 Å². The molecule has 0 spiro atoms. The highest BCUT2D eigenvalue weighted by Crippen LogP contribution is 2.41. The molecular formula is C22H15N3O6. The van der Waals surface area contributed by atoms with Gasteiger partial charge in [-0.25, -0.2) is 0 Å². The zero-order valence-corrected chi connectivity index (χ0v) is 16.5. The number of nitro benzene ring substituents is 1. The topological polar surface area (TPSA) is 120 Å². The van der Waals surface area contributed by atoms with Crippen molar-refractivity contribution in [2.45, 2.75) is 19.9 Å². The van der Waals surface area contributed by atoms with Crippen molar-refractivity contribution in [2.24, 2.45) is 0 Å². The van der Waals surface area contributed by atoms with E-state index in [-0.39, 0.29) is 28.3 Å². The summed E-state index contributed by atoms with van der Waals surface area (Å²) in [6, 6.07) is 11.5. The van der Waals surface area contributed by atoms with Gasteiger partial charge in [-0.15, -0.1) is 0 Å². The van der Waals surface area contributed by atoms with Crippen LogP contribution < -0.4 is 10.3 Å². The third-order valence-electron chi connectivity index (χ3n) is 5.28. The van der Waals surface area contributed by atoms with Gasteiger partial charge in [0.05, 0.1) is 21.9 Å². The quantitative estimate of drug-likeness (QED) is 0.364. The third kappa shape index (κ3) is 2.82. The highest BCUT2D eigenvalue weighted by molar-refractivity contribution is 6.10. The molecule has 31 heavy (non-hydrogen) atoms. The number of amides is 1. The number of carbonyl (C=O) groups excluding carboxylic acids is 1. The molecule has 0 radical (unpaired) electrons. The molecule has 0 fully saturated rings. The number of aryl methyl sites for hydroxylation is 2. The van der Waals surface area contributed by atoms with Crippen LogP contribution >= 0.6 is 0 Å². The van der Waals surface area contributed by atoms with Crippen LogP contribution in [0.4, 0.5) is 11.5 Å². The van der Waals surface area contributed by atoms with E-state index in [1.165, 1.54) is 23.1 Å². The van der Waals surface area contributed by atoms with Crippen molar-refractivity contribution in [3.8, 4) is 0 Å². The predicted molar refractivity (Wildman–Crippen MR) is 110 cm³/mol. The third-order valence-corrected chi connectivity index (χ3v) is 5.28. The fourth-order valence-electron chi connectivity index (χ4n) is 3.91. The number of fused-ring (bicyclic) bond motifs is 2. The number of anilines is 1. The van der Waals surface area contributed by atoms with E-state index in [4.69, 9.17) is 8.94 Å². The smallest absolute Gasteiger partial charge is 0.296 e. The lowest BCUT2D eigenvalue weighted by Gasteiger charge is -2.22. The van der Waals surface area contributed by atoms with Crippen LogP contribution in [0.15, 0.2) is 62.3 Å². The molecular weight excluding hydrogens is 402 g/mol. The summed E-state index contributed by atoms with van der Waals surface area (Å²) in [6.45, 7) is 3.52. The van der Waals surface area contributed by atoms with Crippen LogP contribution in [-0.2, 0) is 0 Å². The van der Waals surface area contributed by atoms with Crippen molar-refractivity contribution >= 4 is 28.4 Å². The summed E-state index contributed by atoms with van der Waals surface area (Å²) in [5.74, 6) is -0.0282. The number of rotatable bonds is 3. The number of nitrogens with zero attached hydrogens (tertiary/aromatic N) is 3. The molecule has 0 saturated heterocycles. The van der Waals surface area contributed by atoms with Crippen molar-refractivity contribution in [1.29, 1.82) is 0 Å². The van der Waals surface area contributed by atoms with E-state index in [9.17, 15) is 19.7 Å². The molecule has 1 atom stereocenters. The number of non-ortho nitro benzene ring substituents is 1. The van der Waals surface area contributed by atoms with Gasteiger partial charge in [0.1, 0.15) is 11.3 Å². The van der Waals surface area contributed by atoms with E-state index in [1.807, 2.05) is 6.92 Å². The van der Waals surface area contributed by atoms with Crippen molar-refractivity contribution in [1.82, 2.24) is 5.16 Å². The average Bonchev–Trinajstić information content (AvgIpc) is 3.30. The molecule has 0 bridgehead atoms. The van der Waals surface area contributed by atoms with Crippen molar-refractivity contribution in [3.63, 3.8) is 0 Å². The molecule has 0 saturated carbocycles. The molecule has 154 valence electrons. The number of hydrogen-bond donors (Lipinski definition) is 0. The first kappa shape index (κ1) is 18.7. The molecule has 2 aromatic carbocycles. The Balaban J connectivity index is 1.83. The normalized spacial score (nSPS) is 15.5. The molecule has 0 aliphatic carbocycles. The molecule has 3 heterocycles. The highest BCUT2D eigenvalue weighted by Gasteiger charge is 2.45. The molecule has 5 rings (SSSR count). The van der Waals surface area contributed by atoms with Crippen LogP contribution in [0.1, 0.15) is 39.0 Å². The Hall–Kier alpha value is -4.27. The minimum Gasteiger partial charge on any atom is -0.450 e. The maximum atomic E-state index is 13.5. The number of hydrogen-bond acceptors (Lipinski definition) is 7. The molecule has 1 aliphatic heterocycles. The zero-order valence-electron chi connectivity index (χ0n) is 16.5. The first-order valence-corrected chi connectivity index (χ1v) is 9.44. The second-order valence-corrected chi connectivity index (χ2v) is 7.40. The Morgan fingerprint density at radius 1 is 1.10 bits per heavy atom. The van der Waals surface area contributed by atoms with Gasteiger partial charge in [-0.2, -0.15) is 0 Å². The van der Waals surface area contributed by atoms with E-state index in [0.717, 1.165) is 5.56 Å². The minimum atomic E-state index is -0.951. The molecule has 9 heteroatoms. The Morgan fingerprint density at radius 2 is 1.90 bits per heavy atom. The SMILES string of the molecule is Cc1ccc2oc3c(c(=O)c2c1)[C@@H](c1cccc([N+](=O)[O-])c1)N(c1cc(C)on1)C3=O. The van der Waals surface area contributed by atoms with E-state index in [0.29, 0.717) is 22.3 Å². The van der Waals surface area contributed by atoms with Crippen LogP contribution in [0, 0.1) is 24.0 Å². The second-order valence-electron chi connectivity index (χ2n) is 7.40. The molecule has 9 nitrogen and oxygen atoms in total. The number of benzene rings is 2. The summed E-state index contributed by atoms with van der Waals surface area (Å²) < 4.78 is 11.0. The summed E-state index contributed by atoms with van der Waals surface area (Å²) in [4.78, 5) is 38.9. The number of aromatic nitrogens is 1. The van der Waals surface area contributed by atoms with Crippen molar-refractivity contribution in [2.75, 3.05) is 4.90 Å². The molecule has 4 aromatic rings.